The second-order valence-corrected chi connectivity index (χ2v) is 9.34. The molecule has 4 rings (SSSR count). The molecule has 2 bridgehead atoms. The summed E-state index contributed by atoms with van der Waals surface area (Å²) < 4.78 is 0. The lowest BCUT2D eigenvalue weighted by Gasteiger charge is -2.46. The molecule has 4 nitrogen and oxygen atoms in total. The summed E-state index contributed by atoms with van der Waals surface area (Å²) in [5, 5.41) is 3.81. The predicted molar refractivity (Wildman–Crippen MR) is 126 cm³/mol. The molecule has 31 heavy (non-hydrogen) atoms. The minimum atomic E-state index is 0.286. The van der Waals surface area contributed by atoms with Crippen LogP contribution in [-0.2, 0) is 17.9 Å². The van der Waals surface area contributed by atoms with E-state index < -0.39 is 0 Å². The molecule has 0 spiro atoms. The summed E-state index contributed by atoms with van der Waals surface area (Å²) >= 11 is 0. The number of fused-ring (bicyclic) bond motifs is 2. The van der Waals surface area contributed by atoms with Gasteiger partial charge in [-0.15, -0.1) is 0 Å². The quantitative estimate of drug-likeness (QED) is 0.658. The molecular formula is C27H37N3O. The number of nitrogens with zero attached hydrogens (tertiary/aromatic N) is 2. The summed E-state index contributed by atoms with van der Waals surface area (Å²) in [4.78, 5) is 17.4. The van der Waals surface area contributed by atoms with Crippen LogP contribution >= 0.6 is 0 Å². The van der Waals surface area contributed by atoms with E-state index in [1.165, 1.54) is 30.6 Å². The number of benzene rings is 2. The predicted octanol–water partition coefficient (Wildman–Crippen LogP) is 4.32. The maximum Gasteiger partial charge on any atom is 0.222 e. The maximum absolute atomic E-state index is 12.8. The zero-order chi connectivity index (χ0) is 21.5. The smallest absolute Gasteiger partial charge is 0.222 e. The lowest BCUT2D eigenvalue weighted by Crippen LogP contribution is -2.55. The Hall–Kier alpha value is -2.17. The third kappa shape index (κ3) is 6.18. The molecule has 1 N–H and O–H groups in total. The Morgan fingerprint density at radius 3 is 2.45 bits per heavy atom. The minimum absolute atomic E-state index is 0.286. The first-order chi connectivity index (χ1) is 15.2. The zero-order valence-electron chi connectivity index (χ0n) is 18.9. The molecule has 0 aromatic heterocycles. The Bertz CT molecular complexity index is 810. The van der Waals surface area contributed by atoms with Crippen LogP contribution in [-0.4, -0.2) is 47.9 Å². The molecule has 2 saturated heterocycles. The normalized spacial score (nSPS) is 23.5. The number of likely N-dealkylation sites (tertiary alicyclic amines) is 1. The SMILES string of the molecule is CCN(Cc1ccccc1)C(=O)CCC[C@H]1NC[C@@H]2C[C@H]1CN(Cc1ccccc1)C2. The van der Waals surface area contributed by atoms with Crippen molar-refractivity contribution in [1.29, 1.82) is 0 Å². The molecule has 0 aliphatic carbocycles. The summed E-state index contributed by atoms with van der Waals surface area (Å²) in [6.07, 6.45) is 4.07. The average molecular weight is 420 g/mol. The van der Waals surface area contributed by atoms with Crippen LogP contribution in [0.1, 0.15) is 43.7 Å². The summed E-state index contributed by atoms with van der Waals surface area (Å²) in [7, 11) is 0. The Labute approximate surface area is 187 Å². The van der Waals surface area contributed by atoms with Gasteiger partial charge in [-0.25, -0.2) is 0 Å². The van der Waals surface area contributed by atoms with Crippen LogP contribution in [0.15, 0.2) is 60.7 Å². The van der Waals surface area contributed by atoms with Gasteiger partial charge in [-0.05, 0) is 55.7 Å². The number of rotatable bonds is 9. The standard InChI is InChI=1S/C27H37N3O/c1-2-30(20-23-12-7-4-8-13-23)27(31)15-9-14-26-25-16-24(17-28-26)19-29(21-25)18-22-10-5-3-6-11-22/h3-8,10-13,24-26,28H,2,9,14-21H2,1H3/t24-,25-,26+/m0/s1. The van der Waals surface area contributed by atoms with Gasteiger partial charge in [0.2, 0.25) is 5.91 Å². The highest BCUT2D eigenvalue weighted by atomic mass is 16.2. The second kappa shape index (κ2) is 10.9. The molecule has 166 valence electrons. The fourth-order valence-corrected chi connectivity index (χ4v) is 5.39. The van der Waals surface area contributed by atoms with Crippen LogP contribution in [0.3, 0.4) is 0 Å². The summed E-state index contributed by atoms with van der Waals surface area (Å²) in [5.74, 6) is 1.76. The van der Waals surface area contributed by atoms with Crippen molar-refractivity contribution in [2.24, 2.45) is 11.8 Å². The van der Waals surface area contributed by atoms with Gasteiger partial charge in [-0.1, -0.05) is 60.7 Å². The van der Waals surface area contributed by atoms with Crippen molar-refractivity contribution in [3.8, 4) is 0 Å². The van der Waals surface area contributed by atoms with E-state index in [9.17, 15) is 4.79 Å². The summed E-state index contributed by atoms with van der Waals surface area (Å²) in [6.45, 7) is 8.12. The Morgan fingerprint density at radius 2 is 1.74 bits per heavy atom. The van der Waals surface area contributed by atoms with Crippen molar-refractivity contribution in [3.63, 3.8) is 0 Å². The first-order valence-electron chi connectivity index (χ1n) is 12.0. The molecule has 0 saturated carbocycles. The number of nitrogens with one attached hydrogen (secondary N) is 1. The number of carbonyl (C=O) groups is 1. The van der Waals surface area contributed by atoms with Gasteiger partial charge in [0.15, 0.2) is 0 Å². The number of hydrogen-bond acceptors (Lipinski definition) is 3. The third-order valence-electron chi connectivity index (χ3n) is 6.99. The van der Waals surface area contributed by atoms with Crippen LogP contribution < -0.4 is 5.32 Å². The van der Waals surface area contributed by atoms with E-state index >= 15 is 0 Å². The van der Waals surface area contributed by atoms with E-state index in [-0.39, 0.29) is 5.91 Å². The lowest BCUT2D eigenvalue weighted by atomic mass is 9.79. The van der Waals surface area contributed by atoms with Crippen molar-refractivity contribution >= 4 is 5.91 Å². The fraction of sp³-hybridized carbons (Fsp3) is 0.519. The monoisotopic (exact) mass is 419 g/mol. The molecule has 2 fully saturated rings. The highest BCUT2D eigenvalue weighted by Gasteiger charge is 2.36. The van der Waals surface area contributed by atoms with Crippen LogP contribution in [0.4, 0.5) is 0 Å². The second-order valence-electron chi connectivity index (χ2n) is 9.34. The topological polar surface area (TPSA) is 35.6 Å². The summed E-state index contributed by atoms with van der Waals surface area (Å²) in [6, 6.07) is 21.7. The molecule has 2 aromatic carbocycles. The first-order valence-corrected chi connectivity index (χ1v) is 12.0. The molecule has 0 unspecified atom stereocenters. The lowest BCUT2D eigenvalue weighted by molar-refractivity contribution is -0.131. The maximum atomic E-state index is 12.8. The van der Waals surface area contributed by atoms with Gasteiger partial charge in [0.1, 0.15) is 0 Å². The van der Waals surface area contributed by atoms with Gasteiger partial charge >= 0.3 is 0 Å². The van der Waals surface area contributed by atoms with Crippen LogP contribution in [0, 0.1) is 11.8 Å². The first kappa shape index (κ1) is 22.0. The zero-order valence-corrected chi connectivity index (χ0v) is 18.9. The molecule has 2 heterocycles. The highest BCUT2D eigenvalue weighted by Crippen LogP contribution is 2.31. The molecule has 1 amide bonds. The van der Waals surface area contributed by atoms with E-state index in [2.05, 4.69) is 59.6 Å². The Balaban J connectivity index is 1.24. The van der Waals surface area contributed by atoms with Crippen molar-refractivity contribution < 1.29 is 4.79 Å². The molecule has 4 heteroatoms. The van der Waals surface area contributed by atoms with Gasteiger partial charge in [-0.3, -0.25) is 9.69 Å². The molecular weight excluding hydrogens is 382 g/mol. The molecule has 2 aliphatic rings. The average Bonchev–Trinajstić information content (AvgIpc) is 2.80. The van der Waals surface area contributed by atoms with Crippen molar-refractivity contribution in [2.45, 2.75) is 51.7 Å². The largest absolute Gasteiger partial charge is 0.339 e. The highest BCUT2D eigenvalue weighted by molar-refractivity contribution is 5.76. The van der Waals surface area contributed by atoms with Crippen molar-refractivity contribution in [3.05, 3.63) is 71.8 Å². The number of amides is 1. The minimum Gasteiger partial charge on any atom is -0.339 e. The van der Waals surface area contributed by atoms with Crippen LogP contribution in [0.2, 0.25) is 0 Å². The molecule has 2 aromatic rings. The van der Waals surface area contributed by atoms with Gasteiger partial charge in [0.05, 0.1) is 0 Å². The van der Waals surface area contributed by atoms with Gasteiger partial charge < -0.3 is 10.2 Å². The van der Waals surface area contributed by atoms with E-state index in [1.807, 2.05) is 23.1 Å². The number of hydrogen-bond donors (Lipinski definition) is 1. The fourth-order valence-electron chi connectivity index (χ4n) is 5.39. The summed E-state index contributed by atoms with van der Waals surface area (Å²) in [5.41, 5.74) is 2.62. The van der Waals surface area contributed by atoms with Crippen molar-refractivity contribution in [1.82, 2.24) is 15.1 Å². The van der Waals surface area contributed by atoms with Gasteiger partial charge in [0, 0.05) is 45.2 Å². The number of piperidine rings is 2. The van der Waals surface area contributed by atoms with Crippen LogP contribution in [0.25, 0.3) is 0 Å². The van der Waals surface area contributed by atoms with E-state index in [1.54, 1.807) is 0 Å². The van der Waals surface area contributed by atoms with Gasteiger partial charge in [-0.2, -0.15) is 0 Å². The van der Waals surface area contributed by atoms with E-state index in [0.29, 0.717) is 18.4 Å². The molecule has 2 aliphatic heterocycles. The third-order valence-corrected chi connectivity index (χ3v) is 6.99. The Morgan fingerprint density at radius 1 is 1.03 bits per heavy atom. The Kier molecular flexibility index (Phi) is 7.76. The number of carbonyl (C=O) groups excluding carboxylic acids is 1. The van der Waals surface area contributed by atoms with E-state index in [0.717, 1.165) is 44.9 Å². The molecule has 0 radical (unpaired) electrons. The van der Waals surface area contributed by atoms with Gasteiger partial charge in [0.25, 0.3) is 0 Å². The van der Waals surface area contributed by atoms with Crippen molar-refractivity contribution in [2.75, 3.05) is 26.2 Å². The van der Waals surface area contributed by atoms with E-state index in [4.69, 9.17) is 0 Å². The van der Waals surface area contributed by atoms with Crippen LogP contribution in [0.5, 0.6) is 0 Å². The molecule has 3 atom stereocenters.